The predicted octanol–water partition coefficient (Wildman–Crippen LogP) is 4.44. The standard InChI is InChI=1S/C21H30O3/c1-15(22)24-20-13-12-18(14-19(20)23)21(16-8-4-2-5-9-16)17-10-6-3-7-11-17/h2,4-5,8-9,17-21,23H,3,6-7,10-14H2,1H3. The zero-order valence-corrected chi connectivity index (χ0v) is 14.7. The molecule has 2 saturated carbocycles. The van der Waals surface area contributed by atoms with Gasteiger partial charge in [-0.25, -0.2) is 0 Å². The molecule has 4 atom stereocenters. The van der Waals surface area contributed by atoms with E-state index < -0.39 is 6.10 Å². The van der Waals surface area contributed by atoms with E-state index in [0.717, 1.165) is 25.2 Å². The predicted molar refractivity (Wildman–Crippen MR) is 94.7 cm³/mol. The van der Waals surface area contributed by atoms with Crippen LogP contribution < -0.4 is 0 Å². The summed E-state index contributed by atoms with van der Waals surface area (Å²) in [4.78, 5) is 11.2. The van der Waals surface area contributed by atoms with E-state index in [1.807, 2.05) is 0 Å². The smallest absolute Gasteiger partial charge is 0.302 e. The summed E-state index contributed by atoms with van der Waals surface area (Å²) in [5.74, 6) is 1.45. The molecule has 4 unspecified atom stereocenters. The number of esters is 1. The van der Waals surface area contributed by atoms with E-state index in [1.165, 1.54) is 44.6 Å². The molecule has 2 aliphatic carbocycles. The monoisotopic (exact) mass is 330 g/mol. The fourth-order valence-corrected chi connectivity index (χ4v) is 4.93. The van der Waals surface area contributed by atoms with E-state index >= 15 is 0 Å². The Labute approximate surface area is 145 Å². The van der Waals surface area contributed by atoms with Gasteiger partial charge >= 0.3 is 5.97 Å². The Kier molecular flexibility index (Phi) is 5.94. The molecule has 1 aromatic rings. The zero-order chi connectivity index (χ0) is 16.9. The topological polar surface area (TPSA) is 46.5 Å². The second kappa shape index (κ2) is 8.15. The van der Waals surface area contributed by atoms with E-state index in [4.69, 9.17) is 4.74 Å². The normalized spacial score (nSPS) is 29.8. The lowest BCUT2D eigenvalue weighted by Crippen LogP contribution is -2.39. The van der Waals surface area contributed by atoms with Crippen molar-refractivity contribution in [2.45, 2.75) is 76.4 Å². The largest absolute Gasteiger partial charge is 0.460 e. The second-order valence-electron chi connectivity index (χ2n) is 7.62. The van der Waals surface area contributed by atoms with Gasteiger partial charge in [-0.3, -0.25) is 4.79 Å². The molecular weight excluding hydrogens is 300 g/mol. The average Bonchev–Trinajstić information content (AvgIpc) is 2.59. The maximum absolute atomic E-state index is 11.2. The third-order valence-corrected chi connectivity index (χ3v) is 5.96. The van der Waals surface area contributed by atoms with Gasteiger partial charge in [0.2, 0.25) is 0 Å². The lowest BCUT2D eigenvalue weighted by atomic mass is 9.66. The number of aliphatic hydroxyl groups is 1. The van der Waals surface area contributed by atoms with Gasteiger partial charge in [0.15, 0.2) is 0 Å². The van der Waals surface area contributed by atoms with Crippen molar-refractivity contribution in [1.82, 2.24) is 0 Å². The highest BCUT2D eigenvalue weighted by molar-refractivity contribution is 5.66. The fourth-order valence-electron chi connectivity index (χ4n) is 4.93. The molecular formula is C21H30O3. The molecule has 0 aliphatic heterocycles. The van der Waals surface area contributed by atoms with Crippen LogP contribution in [0.25, 0.3) is 0 Å². The van der Waals surface area contributed by atoms with Gasteiger partial charge in [0.1, 0.15) is 6.10 Å². The first-order valence-corrected chi connectivity index (χ1v) is 9.55. The Morgan fingerprint density at radius 3 is 2.38 bits per heavy atom. The number of hydrogen-bond donors (Lipinski definition) is 1. The van der Waals surface area contributed by atoms with Crippen molar-refractivity contribution in [1.29, 1.82) is 0 Å². The van der Waals surface area contributed by atoms with E-state index in [9.17, 15) is 9.90 Å². The SMILES string of the molecule is CC(=O)OC1CCC(C(c2ccccc2)C2CCCCC2)CC1O. The maximum Gasteiger partial charge on any atom is 0.302 e. The van der Waals surface area contributed by atoms with Gasteiger partial charge in [0.25, 0.3) is 0 Å². The minimum atomic E-state index is -0.526. The van der Waals surface area contributed by atoms with Crippen LogP contribution in [-0.2, 0) is 9.53 Å². The van der Waals surface area contributed by atoms with Crippen LogP contribution in [-0.4, -0.2) is 23.3 Å². The van der Waals surface area contributed by atoms with Crippen LogP contribution >= 0.6 is 0 Å². The van der Waals surface area contributed by atoms with Crippen LogP contribution in [0.4, 0.5) is 0 Å². The molecule has 1 aromatic carbocycles. The van der Waals surface area contributed by atoms with E-state index in [-0.39, 0.29) is 12.1 Å². The van der Waals surface area contributed by atoms with E-state index in [2.05, 4.69) is 30.3 Å². The zero-order valence-electron chi connectivity index (χ0n) is 14.7. The minimum absolute atomic E-state index is 0.288. The number of aliphatic hydroxyl groups excluding tert-OH is 1. The molecule has 0 saturated heterocycles. The summed E-state index contributed by atoms with van der Waals surface area (Å²) in [6.07, 6.45) is 8.35. The van der Waals surface area contributed by atoms with Gasteiger partial charge in [-0.05, 0) is 55.4 Å². The van der Waals surface area contributed by atoms with Gasteiger partial charge in [-0.2, -0.15) is 0 Å². The first-order valence-electron chi connectivity index (χ1n) is 9.55. The van der Waals surface area contributed by atoms with Crippen LogP contribution in [0.3, 0.4) is 0 Å². The summed E-state index contributed by atoms with van der Waals surface area (Å²) in [5.41, 5.74) is 1.42. The molecule has 0 spiro atoms. The van der Waals surface area contributed by atoms with Crippen LogP contribution in [0.1, 0.15) is 69.8 Å². The molecule has 2 fully saturated rings. The van der Waals surface area contributed by atoms with Crippen LogP contribution in [0.15, 0.2) is 30.3 Å². The average molecular weight is 330 g/mol. The number of carbonyl (C=O) groups excluding carboxylic acids is 1. The second-order valence-corrected chi connectivity index (χ2v) is 7.62. The van der Waals surface area contributed by atoms with Crippen molar-refractivity contribution < 1.29 is 14.6 Å². The van der Waals surface area contributed by atoms with Gasteiger partial charge in [0, 0.05) is 6.92 Å². The Morgan fingerprint density at radius 2 is 1.75 bits per heavy atom. The minimum Gasteiger partial charge on any atom is -0.460 e. The van der Waals surface area contributed by atoms with Crippen molar-refractivity contribution in [3.8, 4) is 0 Å². The lowest BCUT2D eigenvalue weighted by molar-refractivity contribution is -0.156. The van der Waals surface area contributed by atoms with Crippen molar-refractivity contribution in [2.24, 2.45) is 11.8 Å². The molecule has 2 aliphatic rings. The van der Waals surface area contributed by atoms with Crippen molar-refractivity contribution in [2.75, 3.05) is 0 Å². The number of carbonyl (C=O) groups is 1. The summed E-state index contributed by atoms with van der Waals surface area (Å²) in [6.45, 7) is 1.42. The lowest BCUT2D eigenvalue weighted by Gasteiger charge is -2.41. The molecule has 24 heavy (non-hydrogen) atoms. The quantitative estimate of drug-likeness (QED) is 0.830. The number of ether oxygens (including phenoxy) is 1. The highest BCUT2D eigenvalue weighted by Gasteiger charge is 2.38. The van der Waals surface area contributed by atoms with Crippen LogP contribution in [0.2, 0.25) is 0 Å². The van der Waals surface area contributed by atoms with Gasteiger partial charge in [-0.1, -0.05) is 49.6 Å². The molecule has 3 nitrogen and oxygen atoms in total. The highest BCUT2D eigenvalue weighted by atomic mass is 16.6. The third-order valence-electron chi connectivity index (χ3n) is 5.96. The van der Waals surface area contributed by atoms with Gasteiger partial charge < -0.3 is 9.84 Å². The molecule has 132 valence electrons. The molecule has 1 N–H and O–H groups in total. The number of hydrogen-bond acceptors (Lipinski definition) is 3. The van der Waals surface area contributed by atoms with Crippen molar-refractivity contribution in [3.63, 3.8) is 0 Å². The molecule has 0 heterocycles. The molecule has 0 amide bonds. The highest BCUT2D eigenvalue weighted by Crippen LogP contribution is 2.46. The first kappa shape index (κ1) is 17.5. The Bertz CT molecular complexity index is 521. The summed E-state index contributed by atoms with van der Waals surface area (Å²) in [7, 11) is 0. The molecule has 3 heteroatoms. The summed E-state index contributed by atoms with van der Waals surface area (Å²) >= 11 is 0. The molecule has 0 aromatic heterocycles. The van der Waals surface area contributed by atoms with Crippen LogP contribution in [0, 0.1) is 11.8 Å². The van der Waals surface area contributed by atoms with E-state index in [0.29, 0.717) is 11.8 Å². The number of benzene rings is 1. The fraction of sp³-hybridized carbons (Fsp3) is 0.667. The first-order chi connectivity index (χ1) is 11.6. The molecule has 3 rings (SSSR count). The Hall–Kier alpha value is -1.35. The van der Waals surface area contributed by atoms with Gasteiger partial charge in [0.05, 0.1) is 6.10 Å². The van der Waals surface area contributed by atoms with E-state index in [1.54, 1.807) is 0 Å². The van der Waals surface area contributed by atoms with Crippen molar-refractivity contribution >= 4 is 5.97 Å². The third kappa shape index (κ3) is 4.18. The molecule has 0 bridgehead atoms. The van der Waals surface area contributed by atoms with Crippen LogP contribution in [0.5, 0.6) is 0 Å². The maximum atomic E-state index is 11.2. The summed E-state index contributed by atoms with van der Waals surface area (Å²) in [5, 5.41) is 10.5. The van der Waals surface area contributed by atoms with Crippen molar-refractivity contribution in [3.05, 3.63) is 35.9 Å². The summed E-state index contributed by atoms with van der Waals surface area (Å²) < 4.78 is 5.29. The Balaban J connectivity index is 1.75. The Morgan fingerprint density at radius 1 is 1.04 bits per heavy atom. The number of rotatable bonds is 4. The molecule has 0 radical (unpaired) electrons. The summed E-state index contributed by atoms with van der Waals surface area (Å²) in [6, 6.07) is 10.8. The van der Waals surface area contributed by atoms with Gasteiger partial charge in [-0.15, -0.1) is 0 Å².